The van der Waals surface area contributed by atoms with Crippen LogP contribution in [0.25, 0.3) is 0 Å². The number of halogens is 2. The van der Waals surface area contributed by atoms with Crippen LogP contribution in [0.3, 0.4) is 0 Å². The fourth-order valence-electron chi connectivity index (χ4n) is 0.911. The van der Waals surface area contributed by atoms with Gasteiger partial charge in [-0.1, -0.05) is 0 Å². The Hall–Kier alpha value is -0.970. The first-order chi connectivity index (χ1) is 5.56. The van der Waals surface area contributed by atoms with Crippen molar-refractivity contribution in [2.45, 2.75) is 12.3 Å². The maximum Gasteiger partial charge on any atom is 0.292 e. The van der Waals surface area contributed by atoms with E-state index in [0.29, 0.717) is 0 Å². The molecule has 0 saturated heterocycles. The minimum Gasteiger partial charge on any atom is -0.340 e. The molecule has 0 aliphatic heterocycles. The summed E-state index contributed by atoms with van der Waals surface area (Å²) in [6, 6.07) is 0. The lowest BCUT2D eigenvalue weighted by Gasteiger charge is -2.11. The average Bonchev–Trinajstić information content (AvgIpc) is 2.36. The van der Waals surface area contributed by atoms with Crippen LogP contribution in [0.1, 0.15) is 12.1 Å². The third kappa shape index (κ3) is 1.79. The van der Waals surface area contributed by atoms with Crippen molar-refractivity contribution in [1.29, 1.82) is 0 Å². The molecule has 0 aliphatic rings. The van der Waals surface area contributed by atoms with Gasteiger partial charge in [0, 0.05) is 19.7 Å². The fourth-order valence-corrected chi connectivity index (χ4v) is 0.911. The molecule has 0 radical (unpaired) electrons. The standard InChI is InChI=1S/C7H11F2N3/c1-12-4-6(11-5-12)7(8,9)2-3-10/h4-5H,2-3,10H2,1H3. The Bertz CT molecular complexity index is 257. The molecule has 1 aromatic rings. The summed E-state index contributed by atoms with van der Waals surface area (Å²) in [6.07, 6.45) is 2.29. The summed E-state index contributed by atoms with van der Waals surface area (Å²) in [5.41, 5.74) is 4.83. The molecule has 0 aliphatic carbocycles. The molecule has 0 bridgehead atoms. The van der Waals surface area contributed by atoms with E-state index in [4.69, 9.17) is 5.73 Å². The zero-order valence-corrected chi connectivity index (χ0v) is 6.80. The van der Waals surface area contributed by atoms with E-state index >= 15 is 0 Å². The number of rotatable bonds is 3. The van der Waals surface area contributed by atoms with Gasteiger partial charge in [-0.25, -0.2) is 4.98 Å². The van der Waals surface area contributed by atoms with Gasteiger partial charge < -0.3 is 10.3 Å². The number of imidazole rings is 1. The monoisotopic (exact) mass is 175 g/mol. The molecule has 12 heavy (non-hydrogen) atoms. The van der Waals surface area contributed by atoms with Crippen LogP contribution in [-0.2, 0) is 13.0 Å². The summed E-state index contributed by atoms with van der Waals surface area (Å²) in [5, 5.41) is 0. The first-order valence-corrected chi connectivity index (χ1v) is 3.62. The number of nitrogens with zero attached hydrogens (tertiary/aromatic N) is 2. The van der Waals surface area contributed by atoms with Crippen molar-refractivity contribution in [2.24, 2.45) is 12.8 Å². The smallest absolute Gasteiger partial charge is 0.292 e. The highest BCUT2D eigenvalue weighted by molar-refractivity contribution is 5.04. The lowest BCUT2D eigenvalue weighted by atomic mass is 10.2. The molecular weight excluding hydrogens is 164 g/mol. The van der Waals surface area contributed by atoms with Gasteiger partial charge in [-0.3, -0.25) is 0 Å². The van der Waals surface area contributed by atoms with E-state index in [0.717, 1.165) is 0 Å². The first kappa shape index (κ1) is 9.12. The highest BCUT2D eigenvalue weighted by Crippen LogP contribution is 2.28. The quantitative estimate of drug-likeness (QED) is 0.740. The van der Waals surface area contributed by atoms with Crippen molar-refractivity contribution in [2.75, 3.05) is 6.54 Å². The minimum atomic E-state index is -2.89. The molecule has 0 amide bonds. The Balaban J connectivity index is 2.81. The van der Waals surface area contributed by atoms with E-state index in [-0.39, 0.29) is 18.7 Å². The van der Waals surface area contributed by atoms with Crippen molar-refractivity contribution in [1.82, 2.24) is 9.55 Å². The summed E-state index contributed by atoms with van der Waals surface area (Å²) >= 11 is 0. The topological polar surface area (TPSA) is 43.8 Å². The van der Waals surface area contributed by atoms with Crippen molar-refractivity contribution in [3.8, 4) is 0 Å². The van der Waals surface area contributed by atoms with Crippen molar-refractivity contribution >= 4 is 0 Å². The number of hydrogen-bond acceptors (Lipinski definition) is 2. The molecule has 68 valence electrons. The van der Waals surface area contributed by atoms with E-state index in [9.17, 15) is 8.78 Å². The second kappa shape index (κ2) is 3.18. The zero-order chi connectivity index (χ0) is 9.19. The Kier molecular flexibility index (Phi) is 2.42. The molecule has 1 heterocycles. The molecule has 1 aromatic heterocycles. The molecular formula is C7H11F2N3. The van der Waals surface area contributed by atoms with Gasteiger partial charge in [0.25, 0.3) is 5.92 Å². The maximum atomic E-state index is 13.0. The maximum absolute atomic E-state index is 13.0. The van der Waals surface area contributed by atoms with Crippen molar-refractivity contribution in [3.05, 3.63) is 18.2 Å². The van der Waals surface area contributed by atoms with E-state index < -0.39 is 5.92 Å². The number of aryl methyl sites for hydroxylation is 1. The second-order valence-corrected chi connectivity index (χ2v) is 2.67. The summed E-state index contributed by atoms with van der Waals surface area (Å²) in [4.78, 5) is 3.56. The van der Waals surface area contributed by atoms with E-state index in [1.54, 1.807) is 7.05 Å². The Morgan fingerprint density at radius 3 is 2.75 bits per heavy atom. The molecule has 0 atom stereocenters. The van der Waals surface area contributed by atoms with Gasteiger partial charge in [0.2, 0.25) is 0 Å². The zero-order valence-electron chi connectivity index (χ0n) is 6.80. The van der Waals surface area contributed by atoms with Gasteiger partial charge in [-0.15, -0.1) is 0 Å². The van der Waals surface area contributed by atoms with Crippen LogP contribution in [0.4, 0.5) is 8.78 Å². The Morgan fingerprint density at radius 2 is 2.33 bits per heavy atom. The second-order valence-electron chi connectivity index (χ2n) is 2.67. The molecule has 1 rings (SSSR count). The molecule has 5 heteroatoms. The van der Waals surface area contributed by atoms with Crippen molar-refractivity contribution in [3.63, 3.8) is 0 Å². The van der Waals surface area contributed by atoms with Gasteiger partial charge in [0.1, 0.15) is 5.69 Å². The predicted molar refractivity (Wildman–Crippen MR) is 40.8 cm³/mol. The van der Waals surface area contributed by atoms with Crippen LogP contribution in [0.15, 0.2) is 12.5 Å². The van der Waals surface area contributed by atoms with Gasteiger partial charge in [0.15, 0.2) is 0 Å². The van der Waals surface area contributed by atoms with Crippen LogP contribution in [-0.4, -0.2) is 16.1 Å². The van der Waals surface area contributed by atoms with Crippen LogP contribution >= 0.6 is 0 Å². The first-order valence-electron chi connectivity index (χ1n) is 3.62. The third-order valence-corrected chi connectivity index (χ3v) is 1.54. The van der Waals surface area contributed by atoms with Crippen LogP contribution < -0.4 is 5.73 Å². The number of alkyl halides is 2. The minimum absolute atomic E-state index is 0.0381. The van der Waals surface area contributed by atoms with Gasteiger partial charge in [-0.05, 0) is 6.54 Å². The average molecular weight is 175 g/mol. The highest BCUT2D eigenvalue weighted by atomic mass is 19.3. The summed E-state index contributed by atoms with van der Waals surface area (Å²) in [6.45, 7) is -0.0381. The number of aromatic nitrogens is 2. The predicted octanol–water partition coefficient (Wildman–Crippen LogP) is 0.861. The van der Waals surface area contributed by atoms with Crippen LogP contribution in [0, 0.1) is 0 Å². The van der Waals surface area contributed by atoms with Gasteiger partial charge in [0.05, 0.1) is 6.33 Å². The van der Waals surface area contributed by atoms with E-state index in [1.807, 2.05) is 0 Å². The largest absolute Gasteiger partial charge is 0.340 e. The molecule has 0 fully saturated rings. The normalized spacial score (nSPS) is 12.0. The summed E-state index contributed by atoms with van der Waals surface area (Å²) < 4.78 is 27.5. The van der Waals surface area contributed by atoms with Gasteiger partial charge in [-0.2, -0.15) is 8.78 Å². The van der Waals surface area contributed by atoms with Crippen LogP contribution in [0.2, 0.25) is 0 Å². The molecule has 0 unspecified atom stereocenters. The SMILES string of the molecule is Cn1cnc(C(F)(F)CCN)c1. The Labute approximate surface area is 69.2 Å². The number of nitrogens with two attached hydrogens (primary N) is 1. The van der Waals surface area contributed by atoms with E-state index in [2.05, 4.69) is 4.98 Å². The molecule has 3 nitrogen and oxygen atoms in total. The Morgan fingerprint density at radius 1 is 1.67 bits per heavy atom. The lowest BCUT2D eigenvalue weighted by Crippen LogP contribution is -2.18. The lowest BCUT2D eigenvalue weighted by molar-refractivity contribution is -0.0148. The third-order valence-electron chi connectivity index (χ3n) is 1.54. The van der Waals surface area contributed by atoms with Crippen LogP contribution in [0.5, 0.6) is 0 Å². The number of hydrogen-bond donors (Lipinski definition) is 1. The molecule has 0 aromatic carbocycles. The summed E-state index contributed by atoms with van der Waals surface area (Å²) in [5.74, 6) is -2.89. The van der Waals surface area contributed by atoms with Gasteiger partial charge >= 0.3 is 0 Å². The fraction of sp³-hybridized carbons (Fsp3) is 0.571. The summed E-state index contributed by atoms with van der Waals surface area (Å²) in [7, 11) is 1.65. The molecule has 0 spiro atoms. The molecule has 2 N–H and O–H groups in total. The van der Waals surface area contributed by atoms with E-state index in [1.165, 1.54) is 17.1 Å². The van der Waals surface area contributed by atoms with Crippen molar-refractivity contribution < 1.29 is 8.78 Å². The molecule has 0 saturated carbocycles. The highest BCUT2D eigenvalue weighted by Gasteiger charge is 2.32.